The smallest absolute Gasteiger partial charge is 0.306 e. The lowest BCUT2D eigenvalue weighted by Crippen LogP contribution is -2.40. The van der Waals surface area contributed by atoms with Crippen LogP contribution in [0.5, 0.6) is 0 Å². The molecular weight excluding hydrogens is 194 g/mol. The summed E-state index contributed by atoms with van der Waals surface area (Å²) in [5, 5.41) is 0. The zero-order valence-corrected chi connectivity index (χ0v) is 9.62. The Morgan fingerprint density at radius 2 is 2.27 bits per heavy atom. The van der Waals surface area contributed by atoms with E-state index >= 15 is 0 Å². The zero-order valence-electron chi connectivity index (χ0n) is 9.62. The van der Waals surface area contributed by atoms with Crippen LogP contribution in [0.2, 0.25) is 0 Å². The molecule has 2 unspecified atom stereocenters. The molecule has 0 saturated heterocycles. The topological polar surface area (TPSA) is 61.5 Å². The molecule has 1 rings (SSSR count). The summed E-state index contributed by atoms with van der Waals surface area (Å²) in [7, 11) is 3.14. The third-order valence-corrected chi connectivity index (χ3v) is 3.41. The molecule has 0 spiro atoms. The maximum absolute atomic E-state index is 11.3. The summed E-state index contributed by atoms with van der Waals surface area (Å²) < 4.78 is 10.1. The highest BCUT2D eigenvalue weighted by Gasteiger charge is 2.37. The molecule has 0 aromatic rings. The summed E-state index contributed by atoms with van der Waals surface area (Å²) in [6.45, 7) is 0.530. The van der Waals surface area contributed by atoms with E-state index in [1.54, 1.807) is 7.11 Å². The van der Waals surface area contributed by atoms with Gasteiger partial charge in [-0.2, -0.15) is 0 Å². The third kappa shape index (κ3) is 3.18. The number of hydrogen-bond acceptors (Lipinski definition) is 4. The number of methoxy groups -OCH3 is 2. The maximum Gasteiger partial charge on any atom is 0.306 e. The fraction of sp³-hybridized carbons (Fsp3) is 0.909. The fourth-order valence-corrected chi connectivity index (χ4v) is 2.39. The Bertz CT molecular complexity index is 220. The molecule has 1 aliphatic rings. The van der Waals surface area contributed by atoms with Gasteiger partial charge in [-0.05, 0) is 31.2 Å². The SMILES string of the molecule is COC(=O)CC1(CN)CCCC(OC)C1. The molecule has 0 aromatic heterocycles. The summed E-state index contributed by atoms with van der Waals surface area (Å²) in [4.78, 5) is 11.3. The molecule has 0 aliphatic heterocycles. The lowest BCUT2D eigenvalue weighted by atomic mass is 9.71. The largest absolute Gasteiger partial charge is 0.469 e. The third-order valence-electron chi connectivity index (χ3n) is 3.41. The Kier molecular flexibility index (Phi) is 4.54. The van der Waals surface area contributed by atoms with E-state index in [9.17, 15) is 4.79 Å². The van der Waals surface area contributed by atoms with E-state index < -0.39 is 0 Å². The van der Waals surface area contributed by atoms with E-state index in [1.807, 2.05) is 0 Å². The van der Waals surface area contributed by atoms with Crippen molar-refractivity contribution < 1.29 is 14.3 Å². The van der Waals surface area contributed by atoms with Crippen molar-refractivity contribution in [3.05, 3.63) is 0 Å². The maximum atomic E-state index is 11.3. The van der Waals surface area contributed by atoms with Gasteiger partial charge in [0.05, 0.1) is 19.6 Å². The first kappa shape index (κ1) is 12.5. The molecule has 1 saturated carbocycles. The predicted molar refractivity (Wildman–Crippen MR) is 57.4 cm³/mol. The van der Waals surface area contributed by atoms with E-state index in [0.29, 0.717) is 13.0 Å². The van der Waals surface area contributed by atoms with Crippen LogP contribution in [0.3, 0.4) is 0 Å². The molecule has 0 amide bonds. The van der Waals surface area contributed by atoms with Gasteiger partial charge in [-0.25, -0.2) is 0 Å². The van der Waals surface area contributed by atoms with Crippen LogP contribution in [0.1, 0.15) is 32.1 Å². The number of hydrogen-bond donors (Lipinski definition) is 1. The Morgan fingerprint density at radius 1 is 1.53 bits per heavy atom. The van der Waals surface area contributed by atoms with Gasteiger partial charge in [-0.3, -0.25) is 4.79 Å². The van der Waals surface area contributed by atoms with Crippen LogP contribution in [0.25, 0.3) is 0 Å². The zero-order chi connectivity index (χ0) is 11.3. The molecule has 15 heavy (non-hydrogen) atoms. The highest BCUT2D eigenvalue weighted by atomic mass is 16.5. The second-order valence-electron chi connectivity index (χ2n) is 4.41. The fourth-order valence-electron chi connectivity index (χ4n) is 2.39. The first-order chi connectivity index (χ1) is 7.15. The Balaban J connectivity index is 2.61. The van der Waals surface area contributed by atoms with Gasteiger partial charge in [-0.1, -0.05) is 6.42 Å². The van der Waals surface area contributed by atoms with E-state index in [-0.39, 0.29) is 17.5 Å². The van der Waals surface area contributed by atoms with E-state index in [2.05, 4.69) is 0 Å². The van der Waals surface area contributed by atoms with Crippen molar-refractivity contribution in [3.8, 4) is 0 Å². The van der Waals surface area contributed by atoms with Crippen LogP contribution < -0.4 is 5.73 Å². The highest BCUT2D eigenvalue weighted by Crippen LogP contribution is 2.39. The second-order valence-corrected chi connectivity index (χ2v) is 4.41. The minimum absolute atomic E-state index is 0.105. The molecular formula is C11H21NO3. The van der Waals surface area contributed by atoms with Crippen molar-refractivity contribution >= 4 is 5.97 Å². The second kappa shape index (κ2) is 5.47. The summed E-state index contributed by atoms with van der Waals surface area (Å²) >= 11 is 0. The molecule has 1 fully saturated rings. The van der Waals surface area contributed by atoms with Gasteiger partial charge in [0.15, 0.2) is 0 Å². The standard InChI is InChI=1S/C11H21NO3/c1-14-9-4-3-5-11(6-9,8-12)7-10(13)15-2/h9H,3-8,12H2,1-2H3. The van der Waals surface area contributed by atoms with Crippen molar-refractivity contribution in [1.82, 2.24) is 0 Å². The minimum Gasteiger partial charge on any atom is -0.469 e. The number of rotatable bonds is 4. The van der Waals surface area contributed by atoms with Gasteiger partial charge in [0.2, 0.25) is 0 Å². The normalized spacial score (nSPS) is 31.3. The van der Waals surface area contributed by atoms with Crippen LogP contribution in [0.15, 0.2) is 0 Å². The van der Waals surface area contributed by atoms with Gasteiger partial charge in [0, 0.05) is 7.11 Å². The van der Waals surface area contributed by atoms with Gasteiger partial charge >= 0.3 is 5.97 Å². The first-order valence-electron chi connectivity index (χ1n) is 5.45. The highest BCUT2D eigenvalue weighted by molar-refractivity contribution is 5.70. The minimum atomic E-state index is -0.169. The number of nitrogens with two attached hydrogens (primary N) is 1. The average Bonchev–Trinajstić information content (AvgIpc) is 2.29. The Hall–Kier alpha value is -0.610. The predicted octanol–water partition coefficient (Wildman–Crippen LogP) is 1.08. The molecule has 0 bridgehead atoms. The lowest BCUT2D eigenvalue weighted by molar-refractivity contribution is -0.144. The van der Waals surface area contributed by atoms with Crippen LogP contribution in [-0.2, 0) is 14.3 Å². The molecule has 4 heteroatoms. The summed E-state index contributed by atoms with van der Waals surface area (Å²) in [5.74, 6) is -0.169. The number of carbonyl (C=O) groups excluding carboxylic acids is 1. The van der Waals surface area contributed by atoms with Gasteiger partial charge in [-0.15, -0.1) is 0 Å². The Labute approximate surface area is 91.1 Å². The van der Waals surface area contributed by atoms with Crippen LogP contribution in [0.4, 0.5) is 0 Å². The summed E-state index contributed by atoms with van der Waals surface area (Å²) in [6, 6.07) is 0. The van der Waals surface area contributed by atoms with Crippen molar-refractivity contribution in [2.75, 3.05) is 20.8 Å². The first-order valence-corrected chi connectivity index (χ1v) is 5.45. The molecule has 0 aromatic carbocycles. The lowest BCUT2D eigenvalue weighted by Gasteiger charge is -2.38. The van der Waals surface area contributed by atoms with Gasteiger partial charge in [0.25, 0.3) is 0 Å². The van der Waals surface area contributed by atoms with Crippen molar-refractivity contribution in [2.45, 2.75) is 38.2 Å². The van der Waals surface area contributed by atoms with Gasteiger partial charge < -0.3 is 15.2 Å². The number of esters is 1. The van der Waals surface area contributed by atoms with Crippen molar-refractivity contribution in [3.63, 3.8) is 0 Å². The molecule has 0 heterocycles. The molecule has 88 valence electrons. The van der Waals surface area contributed by atoms with Crippen LogP contribution in [-0.4, -0.2) is 32.8 Å². The summed E-state index contributed by atoms with van der Waals surface area (Å²) in [6.07, 6.45) is 4.67. The molecule has 1 aliphatic carbocycles. The monoisotopic (exact) mass is 215 g/mol. The Morgan fingerprint density at radius 3 is 2.80 bits per heavy atom. The number of ether oxygens (including phenoxy) is 2. The van der Waals surface area contributed by atoms with Crippen LogP contribution >= 0.6 is 0 Å². The molecule has 2 atom stereocenters. The van der Waals surface area contributed by atoms with E-state index in [1.165, 1.54) is 7.11 Å². The van der Waals surface area contributed by atoms with Crippen molar-refractivity contribution in [1.29, 1.82) is 0 Å². The molecule has 0 radical (unpaired) electrons. The number of carbonyl (C=O) groups is 1. The molecule has 4 nitrogen and oxygen atoms in total. The summed E-state index contributed by atoms with van der Waals surface area (Å²) in [5.41, 5.74) is 5.69. The van der Waals surface area contributed by atoms with E-state index in [0.717, 1.165) is 25.7 Å². The van der Waals surface area contributed by atoms with Crippen molar-refractivity contribution in [2.24, 2.45) is 11.1 Å². The molecule has 2 N–H and O–H groups in total. The van der Waals surface area contributed by atoms with Gasteiger partial charge in [0.1, 0.15) is 0 Å². The quantitative estimate of drug-likeness (QED) is 0.713. The van der Waals surface area contributed by atoms with Crippen LogP contribution in [0, 0.1) is 5.41 Å². The van der Waals surface area contributed by atoms with E-state index in [4.69, 9.17) is 15.2 Å². The average molecular weight is 215 g/mol.